The van der Waals surface area contributed by atoms with E-state index in [0.29, 0.717) is 0 Å². The van der Waals surface area contributed by atoms with Crippen LogP contribution in [0.1, 0.15) is 12.0 Å². The Kier molecular flexibility index (Phi) is 3.68. The van der Waals surface area contributed by atoms with Gasteiger partial charge in [-0.25, -0.2) is 4.39 Å². The van der Waals surface area contributed by atoms with E-state index in [1.807, 2.05) is 0 Å². The van der Waals surface area contributed by atoms with Gasteiger partial charge in [-0.3, -0.25) is 0 Å². The first kappa shape index (κ1) is 12.0. The number of halogens is 4. The molecule has 0 bridgehead atoms. The monoisotopic (exact) mass is 221 g/mol. The third kappa shape index (κ3) is 2.92. The topological polar surface area (TPSA) is 20.2 Å². The number of hydrogen-bond acceptors (Lipinski definition) is 1. The summed E-state index contributed by atoms with van der Waals surface area (Å²) >= 11 is 0. The summed E-state index contributed by atoms with van der Waals surface area (Å²) in [6.07, 6.45) is -5.23. The molecule has 0 saturated heterocycles. The number of hydrogen-bond donors (Lipinski definition) is 1. The highest BCUT2D eigenvalue weighted by Crippen LogP contribution is 2.37. The smallest absolute Gasteiger partial charge is 0.396 e. The largest absolute Gasteiger partial charge is 0.399 e. The van der Waals surface area contributed by atoms with E-state index in [1.165, 1.54) is 12.1 Å². The first-order chi connectivity index (χ1) is 6.96. The van der Waals surface area contributed by atoms with Gasteiger partial charge in [0.05, 0.1) is 0 Å². The van der Waals surface area contributed by atoms with Crippen molar-refractivity contribution in [1.82, 2.24) is 0 Å². The number of alkyl halides is 3. The lowest BCUT2D eigenvalue weighted by molar-refractivity contribution is -0.113. The highest BCUT2D eigenvalue weighted by molar-refractivity contribution is 5.34. The zero-order valence-electron chi connectivity index (χ0n) is 7.68. The lowest BCUT2D eigenvalue weighted by Crippen LogP contribution is -2.23. The van der Waals surface area contributed by atoms with Crippen LogP contribution in [0.2, 0.25) is 0 Å². The zero-order valence-corrected chi connectivity index (χ0v) is 7.68. The summed E-state index contributed by atoms with van der Waals surface area (Å²) in [6.45, 7) is -0.664. The molecule has 0 heterocycles. The first-order valence-corrected chi connectivity index (χ1v) is 4.25. The molecule has 1 nitrogen and oxygen atoms in total. The summed E-state index contributed by atoms with van der Waals surface area (Å²) < 4.78 is 50.5. The van der Waals surface area contributed by atoms with Crippen LogP contribution in [0.3, 0.4) is 0 Å². The summed E-state index contributed by atoms with van der Waals surface area (Å²) in [7, 11) is 0. The van der Waals surface area contributed by atoms with Crippen LogP contribution in [0.25, 0.3) is 0 Å². The van der Waals surface area contributed by atoms with E-state index in [0.717, 1.165) is 12.1 Å². The lowest BCUT2D eigenvalue weighted by atomic mass is 9.95. The Morgan fingerprint density at radius 2 is 1.80 bits per heavy atom. The summed E-state index contributed by atoms with van der Waals surface area (Å²) in [4.78, 5) is 0. The van der Waals surface area contributed by atoms with E-state index in [-0.39, 0.29) is 0 Å². The minimum atomic E-state index is -4.62. The molecule has 1 radical (unpaired) electrons. The maximum Gasteiger partial charge on any atom is 0.399 e. The van der Waals surface area contributed by atoms with Gasteiger partial charge in [0.25, 0.3) is 0 Å². The van der Waals surface area contributed by atoms with Gasteiger partial charge in [0.2, 0.25) is 0 Å². The standard InChI is InChI=1S/C10H9F4O/c11-9-4-2-1-3-7(9)8(5-6-15)10(12,13)14/h1-4,15H,5-6H2. The molecule has 83 valence electrons. The molecule has 1 aromatic rings. The van der Waals surface area contributed by atoms with E-state index in [2.05, 4.69) is 0 Å². The van der Waals surface area contributed by atoms with Crippen molar-refractivity contribution in [2.24, 2.45) is 0 Å². The van der Waals surface area contributed by atoms with Crippen molar-refractivity contribution in [3.63, 3.8) is 0 Å². The molecule has 0 saturated carbocycles. The second-order valence-corrected chi connectivity index (χ2v) is 2.93. The van der Waals surface area contributed by atoms with Gasteiger partial charge in [0, 0.05) is 12.2 Å². The quantitative estimate of drug-likeness (QED) is 0.778. The van der Waals surface area contributed by atoms with Crippen molar-refractivity contribution in [3.8, 4) is 0 Å². The van der Waals surface area contributed by atoms with Crippen LogP contribution in [-0.4, -0.2) is 17.9 Å². The third-order valence-corrected chi connectivity index (χ3v) is 1.90. The average Bonchev–Trinajstić information content (AvgIpc) is 2.14. The summed E-state index contributed by atoms with van der Waals surface area (Å²) in [5.74, 6) is -1.97. The minimum Gasteiger partial charge on any atom is -0.396 e. The predicted molar refractivity (Wildman–Crippen MR) is 46.5 cm³/mol. The van der Waals surface area contributed by atoms with Crippen LogP contribution in [0.15, 0.2) is 24.3 Å². The molecule has 0 fully saturated rings. The van der Waals surface area contributed by atoms with Crippen LogP contribution in [0, 0.1) is 11.7 Å². The molecule has 0 unspecified atom stereocenters. The molecule has 0 aromatic heterocycles. The molecule has 1 rings (SSSR count). The highest BCUT2D eigenvalue weighted by Gasteiger charge is 2.42. The normalized spacial score (nSPS) is 12.1. The van der Waals surface area contributed by atoms with Crippen LogP contribution in [-0.2, 0) is 0 Å². The van der Waals surface area contributed by atoms with Gasteiger partial charge in [-0.2, -0.15) is 13.2 Å². The zero-order chi connectivity index (χ0) is 11.5. The molecule has 0 aliphatic rings. The van der Waals surface area contributed by atoms with Crippen molar-refractivity contribution < 1.29 is 22.7 Å². The summed E-state index contributed by atoms with van der Waals surface area (Å²) in [5, 5.41) is 8.51. The van der Waals surface area contributed by atoms with Crippen molar-refractivity contribution in [2.75, 3.05) is 6.61 Å². The van der Waals surface area contributed by atoms with E-state index in [4.69, 9.17) is 5.11 Å². The van der Waals surface area contributed by atoms with Gasteiger partial charge in [0.15, 0.2) is 0 Å². The Hall–Kier alpha value is -1.10. The predicted octanol–water partition coefficient (Wildman–Crippen LogP) is 2.69. The number of aliphatic hydroxyl groups is 1. The maximum absolute atomic E-state index is 13.1. The van der Waals surface area contributed by atoms with Gasteiger partial charge in [-0.15, -0.1) is 0 Å². The minimum absolute atomic E-state index is 0.501. The number of rotatable bonds is 3. The Bertz CT molecular complexity index is 321. The molecule has 1 N–H and O–H groups in total. The van der Waals surface area contributed by atoms with Crippen LogP contribution in [0.5, 0.6) is 0 Å². The Balaban J connectivity index is 3.05. The molecule has 0 atom stereocenters. The summed E-state index contributed by atoms with van der Waals surface area (Å²) in [5.41, 5.74) is -0.501. The molecule has 0 spiro atoms. The van der Waals surface area contributed by atoms with E-state index >= 15 is 0 Å². The highest BCUT2D eigenvalue weighted by atomic mass is 19.4. The fourth-order valence-corrected chi connectivity index (χ4v) is 1.25. The van der Waals surface area contributed by atoms with Crippen molar-refractivity contribution in [1.29, 1.82) is 0 Å². The fourth-order valence-electron chi connectivity index (χ4n) is 1.25. The Labute approximate surface area is 84.3 Å². The second-order valence-electron chi connectivity index (χ2n) is 2.93. The van der Waals surface area contributed by atoms with Crippen molar-refractivity contribution >= 4 is 0 Å². The molecule has 0 amide bonds. The van der Waals surface area contributed by atoms with Gasteiger partial charge in [-0.1, -0.05) is 18.2 Å². The number of aliphatic hydroxyl groups excluding tert-OH is 1. The second kappa shape index (κ2) is 4.61. The Morgan fingerprint density at radius 3 is 2.27 bits per heavy atom. The fraction of sp³-hybridized carbons (Fsp3) is 0.300. The van der Waals surface area contributed by atoms with Gasteiger partial charge in [-0.05, 0) is 12.5 Å². The third-order valence-electron chi connectivity index (χ3n) is 1.90. The molecule has 15 heavy (non-hydrogen) atoms. The van der Waals surface area contributed by atoms with Crippen LogP contribution < -0.4 is 0 Å². The molecule has 1 aromatic carbocycles. The van der Waals surface area contributed by atoms with Crippen LogP contribution in [0.4, 0.5) is 17.6 Å². The van der Waals surface area contributed by atoms with Crippen molar-refractivity contribution in [3.05, 3.63) is 41.6 Å². The molecule has 0 aliphatic carbocycles. The van der Waals surface area contributed by atoms with Crippen LogP contribution >= 0.6 is 0 Å². The number of benzene rings is 1. The van der Waals surface area contributed by atoms with Gasteiger partial charge < -0.3 is 5.11 Å². The SMILES string of the molecule is OCC[C](c1ccccc1F)C(F)(F)F. The summed E-state index contributed by atoms with van der Waals surface area (Å²) in [6, 6.07) is 4.64. The van der Waals surface area contributed by atoms with E-state index in [9.17, 15) is 17.6 Å². The maximum atomic E-state index is 13.1. The molecule has 0 aliphatic heterocycles. The lowest BCUT2D eigenvalue weighted by Gasteiger charge is -2.19. The Morgan fingerprint density at radius 1 is 1.20 bits per heavy atom. The van der Waals surface area contributed by atoms with Gasteiger partial charge in [0.1, 0.15) is 11.7 Å². The average molecular weight is 221 g/mol. The van der Waals surface area contributed by atoms with Gasteiger partial charge >= 0.3 is 6.18 Å². The molecular formula is C10H9F4O. The first-order valence-electron chi connectivity index (χ1n) is 4.25. The van der Waals surface area contributed by atoms with E-state index < -0.39 is 36.5 Å². The van der Waals surface area contributed by atoms with Crippen molar-refractivity contribution in [2.45, 2.75) is 12.6 Å². The molecular weight excluding hydrogens is 212 g/mol. The van der Waals surface area contributed by atoms with E-state index in [1.54, 1.807) is 0 Å². The molecule has 5 heteroatoms.